The Morgan fingerprint density at radius 3 is 2.76 bits per heavy atom. The molecule has 0 radical (unpaired) electrons. The molecule has 0 saturated heterocycles. The predicted molar refractivity (Wildman–Crippen MR) is 66.7 cm³/mol. The molecule has 2 rings (SSSR count). The van der Waals surface area contributed by atoms with Crippen molar-refractivity contribution in [2.75, 3.05) is 12.4 Å². The van der Waals surface area contributed by atoms with Crippen molar-refractivity contribution in [3.8, 4) is 0 Å². The number of anilines is 1. The minimum Gasteiger partial charge on any atom is -0.388 e. The average Bonchev–Trinajstić information content (AvgIpc) is 2.29. The summed E-state index contributed by atoms with van der Waals surface area (Å²) in [4.78, 5) is 13.1. The molecule has 4 nitrogen and oxygen atoms in total. The number of nitrogens with one attached hydrogen (secondary N) is 1. The maximum Gasteiger partial charge on any atom is 0.321 e. The van der Waals surface area contributed by atoms with Crippen LogP contribution in [0.1, 0.15) is 31.1 Å². The van der Waals surface area contributed by atoms with Crippen LogP contribution in [0, 0.1) is 5.92 Å². The topological polar surface area (TPSA) is 52.6 Å². The van der Waals surface area contributed by atoms with Crippen molar-refractivity contribution in [2.24, 2.45) is 5.92 Å². The normalized spacial score (nSPS) is 16.8. The van der Waals surface area contributed by atoms with Gasteiger partial charge in [-0.15, -0.1) is 0 Å². The Bertz CT molecular complexity index is 443. The zero-order valence-electron chi connectivity index (χ0n) is 10.4. The first-order valence-corrected chi connectivity index (χ1v) is 5.82. The lowest BCUT2D eigenvalue weighted by atomic mass is 9.96. The van der Waals surface area contributed by atoms with Gasteiger partial charge in [0.2, 0.25) is 0 Å². The van der Waals surface area contributed by atoms with Crippen LogP contribution in [-0.4, -0.2) is 23.1 Å². The minimum atomic E-state index is -0.455. The van der Waals surface area contributed by atoms with Crippen LogP contribution in [0.25, 0.3) is 0 Å². The highest BCUT2D eigenvalue weighted by Crippen LogP contribution is 2.28. The quantitative estimate of drug-likeness (QED) is 0.825. The van der Waals surface area contributed by atoms with Crippen LogP contribution in [0.4, 0.5) is 10.5 Å². The van der Waals surface area contributed by atoms with E-state index in [2.05, 4.69) is 5.32 Å². The zero-order valence-corrected chi connectivity index (χ0v) is 10.4. The van der Waals surface area contributed by atoms with E-state index >= 15 is 0 Å². The number of hydrogen-bond acceptors (Lipinski definition) is 2. The van der Waals surface area contributed by atoms with Crippen LogP contribution in [0.3, 0.4) is 0 Å². The molecule has 0 aromatic heterocycles. The summed E-state index contributed by atoms with van der Waals surface area (Å²) in [5.41, 5.74) is 2.79. The molecule has 0 bridgehead atoms. The molecule has 0 saturated carbocycles. The number of aliphatic hydroxyl groups excluding tert-OH is 1. The first-order valence-electron chi connectivity index (χ1n) is 5.82. The zero-order chi connectivity index (χ0) is 12.6. The van der Waals surface area contributed by atoms with Crippen molar-refractivity contribution in [1.82, 2.24) is 4.90 Å². The van der Waals surface area contributed by atoms with Gasteiger partial charge in [0.25, 0.3) is 0 Å². The molecule has 2 amide bonds. The van der Waals surface area contributed by atoms with Gasteiger partial charge in [-0.3, -0.25) is 0 Å². The highest BCUT2D eigenvalue weighted by Gasteiger charge is 2.21. The van der Waals surface area contributed by atoms with Gasteiger partial charge in [0, 0.05) is 19.3 Å². The number of amides is 2. The van der Waals surface area contributed by atoms with Gasteiger partial charge in [-0.2, -0.15) is 0 Å². The molecule has 1 aromatic carbocycles. The summed E-state index contributed by atoms with van der Waals surface area (Å²) in [6.45, 7) is 4.55. The van der Waals surface area contributed by atoms with E-state index in [4.69, 9.17) is 0 Å². The summed E-state index contributed by atoms with van der Waals surface area (Å²) in [7, 11) is 1.75. The van der Waals surface area contributed by atoms with Gasteiger partial charge >= 0.3 is 6.03 Å². The van der Waals surface area contributed by atoms with Gasteiger partial charge in [0.1, 0.15) is 0 Å². The molecule has 17 heavy (non-hydrogen) atoms. The van der Waals surface area contributed by atoms with E-state index in [0.29, 0.717) is 6.54 Å². The maximum atomic E-state index is 11.4. The second kappa shape index (κ2) is 4.37. The van der Waals surface area contributed by atoms with Gasteiger partial charge in [-0.05, 0) is 29.2 Å². The van der Waals surface area contributed by atoms with E-state index in [9.17, 15) is 9.90 Å². The summed E-state index contributed by atoms with van der Waals surface area (Å²) in [6, 6.07) is 5.61. The maximum absolute atomic E-state index is 11.4. The highest BCUT2D eigenvalue weighted by atomic mass is 16.3. The lowest BCUT2D eigenvalue weighted by molar-refractivity contribution is 0.127. The molecule has 0 spiro atoms. The third-order valence-electron chi connectivity index (χ3n) is 3.10. The van der Waals surface area contributed by atoms with Gasteiger partial charge < -0.3 is 15.3 Å². The monoisotopic (exact) mass is 234 g/mol. The van der Waals surface area contributed by atoms with E-state index in [1.165, 1.54) is 0 Å². The Hall–Kier alpha value is -1.55. The summed E-state index contributed by atoms with van der Waals surface area (Å²) in [6.07, 6.45) is -0.455. The number of rotatable bonds is 2. The van der Waals surface area contributed by atoms with E-state index in [0.717, 1.165) is 16.8 Å². The fourth-order valence-electron chi connectivity index (χ4n) is 1.97. The number of carbonyl (C=O) groups is 1. The summed E-state index contributed by atoms with van der Waals surface area (Å²) in [5, 5.41) is 12.8. The molecule has 0 fully saturated rings. The van der Waals surface area contributed by atoms with Crippen LogP contribution in [0.15, 0.2) is 18.2 Å². The Labute approximate surface area is 101 Å². The van der Waals surface area contributed by atoms with Crippen LogP contribution in [0.5, 0.6) is 0 Å². The Kier molecular flexibility index (Phi) is 3.07. The Balaban J connectivity index is 2.32. The molecule has 1 atom stereocenters. The molecule has 1 unspecified atom stereocenters. The van der Waals surface area contributed by atoms with Gasteiger partial charge in [0.15, 0.2) is 0 Å². The number of fused-ring (bicyclic) bond motifs is 1. The fourth-order valence-corrected chi connectivity index (χ4v) is 1.97. The predicted octanol–water partition coefficient (Wildman–Crippen LogP) is 2.35. The molecular weight excluding hydrogens is 216 g/mol. The highest BCUT2D eigenvalue weighted by molar-refractivity contribution is 5.92. The molecule has 0 aliphatic carbocycles. The Morgan fingerprint density at radius 1 is 1.41 bits per heavy atom. The first-order chi connectivity index (χ1) is 7.99. The average molecular weight is 234 g/mol. The van der Waals surface area contributed by atoms with Crippen molar-refractivity contribution in [3.05, 3.63) is 29.3 Å². The summed E-state index contributed by atoms with van der Waals surface area (Å²) >= 11 is 0. The first kappa shape index (κ1) is 11.9. The third kappa shape index (κ3) is 2.26. The van der Waals surface area contributed by atoms with Crippen molar-refractivity contribution < 1.29 is 9.90 Å². The molecule has 92 valence electrons. The van der Waals surface area contributed by atoms with Gasteiger partial charge in [0.05, 0.1) is 6.10 Å². The molecule has 1 aromatic rings. The Morgan fingerprint density at radius 2 is 2.12 bits per heavy atom. The standard InChI is InChI=1S/C13H18N2O2/c1-8(2)12(16)9-4-5-11-10(6-9)7-15(3)13(17)14-11/h4-6,8,12,16H,7H2,1-3H3,(H,14,17). The van der Waals surface area contributed by atoms with Gasteiger partial charge in [-0.25, -0.2) is 4.79 Å². The van der Waals surface area contributed by atoms with Crippen molar-refractivity contribution in [3.63, 3.8) is 0 Å². The largest absolute Gasteiger partial charge is 0.388 e. The van der Waals surface area contributed by atoms with E-state index in [1.54, 1.807) is 11.9 Å². The van der Waals surface area contributed by atoms with E-state index < -0.39 is 6.10 Å². The number of nitrogens with zero attached hydrogens (tertiary/aromatic N) is 1. The lowest BCUT2D eigenvalue weighted by Crippen LogP contribution is -2.35. The smallest absolute Gasteiger partial charge is 0.321 e. The molecule has 2 N–H and O–H groups in total. The molecular formula is C13H18N2O2. The van der Waals surface area contributed by atoms with Crippen LogP contribution in [0.2, 0.25) is 0 Å². The van der Waals surface area contributed by atoms with E-state index in [1.807, 2.05) is 32.0 Å². The SMILES string of the molecule is CC(C)C(O)c1ccc2c(c1)CN(C)C(=O)N2. The van der Waals surface area contributed by atoms with Crippen molar-refractivity contribution in [1.29, 1.82) is 0 Å². The number of carbonyl (C=O) groups excluding carboxylic acids is 1. The van der Waals surface area contributed by atoms with Crippen molar-refractivity contribution in [2.45, 2.75) is 26.5 Å². The molecule has 1 aliphatic rings. The van der Waals surface area contributed by atoms with Gasteiger partial charge in [-0.1, -0.05) is 19.9 Å². The second-order valence-corrected chi connectivity index (χ2v) is 4.89. The summed E-state index contributed by atoms with van der Waals surface area (Å²) in [5.74, 6) is 0.184. The van der Waals surface area contributed by atoms with Crippen molar-refractivity contribution >= 4 is 11.7 Å². The minimum absolute atomic E-state index is 0.0883. The van der Waals surface area contributed by atoms with Crippen LogP contribution < -0.4 is 5.32 Å². The fraction of sp³-hybridized carbons (Fsp3) is 0.462. The second-order valence-electron chi connectivity index (χ2n) is 4.89. The number of hydrogen-bond donors (Lipinski definition) is 2. The third-order valence-corrected chi connectivity index (χ3v) is 3.10. The van der Waals surface area contributed by atoms with E-state index in [-0.39, 0.29) is 11.9 Å². The van der Waals surface area contributed by atoms with Crippen LogP contribution in [-0.2, 0) is 6.54 Å². The number of aliphatic hydroxyl groups is 1. The number of urea groups is 1. The molecule has 4 heteroatoms. The van der Waals surface area contributed by atoms with Crippen LogP contribution >= 0.6 is 0 Å². The number of benzene rings is 1. The summed E-state index contributed by atoms with van der Waals surface area (Å²) < 4.78 is 0. The molecule has 1 heterocycles. The lowest BCUT2D eigenvalue weighted by Gasteiger charge is -2.27. The molecule has 1 aliphatic heterocycles.